The lowest BCUT2D eigenvalue weighted by atomic mass is 9.90. The Morgan fingerprint density at radius 2 is 2.00 bits per heavy atom. The highest BCUT2D eigenvalue weighted by Gasteiger charge is 2.25. The third-order valence-electron chi connectivity index (χ3n) is 4.89. The van der Waals surface area contributed by atoms with Gasteiger partial charge in [0, 0.05) is 37.2 Å². The Bertz CT molecular complexity index is 714. The van der Waals surface area contributed by atoms with E-state index in [-0.39, 0.29) is 5.91 Å². The summed E-state index contributed by atoms with van der Waals surface area (Å²) in [5.41, 5.74) is 4.05. The van der Waals surface area contributed by atoms with Crippen molar-refractivity contribution in [2.24, 2.45) is 5.92 Å². The molecule has 0 atom stereocenters. The van der Waals surface area contributed by atoms with E-state index < -0.39 is 0 Å². The van der Waals surface area contributed by atoms with Gasteiger partial charge in [-0.1, -0.05) is 0 Å². The van der Waals surface area contributed by atoms with Gasteiger partial charge in [0.1, 0.15) is 0 Å². The average molecular weight is 326 g/mol. The minimum Gasteiger partial charge on any atom is -0.337 e. The van der Waals surface area contributed by atoms with Crippen LogP contribution in [0, 0.1) is 19.8 Å². The lowest BCUT2D eigenvalue weighted by Gasteiger charge is -2.31. The van der Waals surface area contributed by atoms with Crippen LogP contribution in [0.3, 0.4) is 0 Å². The molecule has 3 rings (SSSR count). The first-order chi connectivity index (χ1) is 11.6. The normalized spacial score (nSPS) is 15.7. The average Bonchev–Trinajstić information content (AvgIpc) is 2.96. The number of hydrogen-bond donors (Lipinski definition) is 0. The molecule has 0 spiro atoms. The molecule has 5 heteroatoms. The third-order valence-corrected chi connectivity index (χ3v) is 4.89. The van der Waals surface area contributed by atoms with Crippen LogP contribution in [-0.2, 0) is 13.0 Å². The summed E-state index contributed by atoms with van der Waals surface area (Å²) in [5.74, 6) is 0.717. The maximum atomic E-state index is 12.6. The van der Waals surface area contributed by atoms with Crippen molar-refractivity contribution in [3.8, 4) is 0 Å². The molecule has 1 aliphatic heterocycles. The summed E-state index contributed by atoms with van der Waals surface area (Å²) < 4.78 is 1.88. The van der Waals surface area contributed by atoms with Crippen LogP contribution in [0.5, 0.6) is 0 Å². The molecule has 1 amide bonds. The second-order valence-corrected chi connectivity index (χ2v) is 6.73. The number of likely N-dealkylation sites (tertiary alicyclic amines) is 1. The van der Waals surface area contributed by atoms with Gasteiger partial charge in [-0.15, -0.1) is 0 Å². The van der Waals surface area contributed by atoms with Crippen molar-refractivity contribution >= 4 is 5.91 Å². The van der Waals surface area contributed by atoms with Crippen molar-refractivity contribution in [2.45, 2.75) is 46.6 Å². The van der Waals surface area contributed by atoms with Crippen LogP contribution >= 0.6 is 0 Å². The second kappa shape index (κ2) is 7.16. The van der Waals surface area contributed by atoms with Crippen molar-refractivity contribution in [1.29, 1.82) is 0 Å². The fraction of sp³-hybridized carbons (Fsp3) is 0.526. The van der Waals surface area contributed by atoms with E-state index in [4.69, 9.17) is 0 Å². The van der Waals surface area contributed by atoms with Gasteiger partial charge in [-0.2, -0.15) is 5.10 Å². The van der Waals surface area contributed by atoms with Gasteiger partial charge >= 0.3 is 0 Å². The number of piperidine rings is 1. The number of carbonyl (C=O) groups is 1. The smallest absolute Gasteiger partial charge is 0.274 e. The predicted octanol–water partition coefficient (Wildman–Crippen LogP) is 3.01. The topological polar surface area (TPSA) is 51.0 Å². The summed E-state index contributed by atoms with van der Waals surface area (Å²) in [4.78, 5) is 18.8. The van der Waals surface area contributed by atoms with Crippen LogP contribution in [0.25, 0.3) is 0 Å². The zero-order valence-corrected chi connectivity index (χ0v) is 14.8. The maximum Gasteiger partial charge on any atom is 0.274 e. The number of nitrogens with zero attached hydrogens (tertiary/aromatic N) is 4. The van der Waals surface area contributed by atoms with E-state index in [2.05, 4.69) is 22.2 Å². The summed E-state index contributed by atoms with van der Waals surface area (Å²) in [7, 11) is 0. The molecule has 2 aromatic rings. The molecule has 1 fully saturated rings. The summed E-state index contributed by atoms with van der Waals surface area (Å²) in [6.45, 7) is 8.52. The predicted molar refractivity (Wildman–Crippen MR) is 93.9 cm³/mol. The number of amides is 1. The molecular formula is C19H26N4O. The lowest BCUT2D eigenvalue weighted by Crippen LogP contribution is -2.39. The first kappa shape index (κ1) is 16.7. The first-order valence-corrected chi connectivity index (χ1v) is 8.82. The van der Waals surface area contributed by atoms with E-state index in [0.717, 1.165) is 50.3 Å². The number of rotatable bonds is 4. The Kier molecular flexibility index (Phi) is 4.97. The molecule has 3 heterocycles. The number of carbonyl (C=O) groups excluding carboxylic acids is 1. The van der Waals surface area contributed by atoms with Crippen LogP contribution in [-0.4, -0.2) is 38.7 Å². The molecule has 0 radical (unpaired) electrons. The van der Waals surface area contributed by atoms with Crippen LogP contribution in [0.15, 0.2) is 24.4 Å². The van der Waals surface area contributed by atoms with E-state index in [0.29, 0.717) is 11.6 Å². The quantitative estimate of drug-likeness (QED) is 0.868. The molecule has 128 valence electrons. The highest BCUT2D eigenvalue weighted by Crippen LogP contribution is 2.23. The molecule has 1 aliphatic rings. The van der Waals surface area contributed by atoms with E-state index in [1.54, 1.807) is 0 Å². The van der Waals surface area contributed by atoms with Gasteiger partial charge < -0.3 is 4.90 Å². The Morgan fingerprint density at radius 3 is 2.62 bits per heavy atom. The molecule has 0 bridgehead atoms. The monoisotopic (exact) mass is 326 g/mol. The van der Waals surface area contributed by atoms with Gasteiger partial charge in [-0.05, 0) is 69.7 Å². The minimum atomic E-state index is 0.0727. The van der Waals surface area contributed by atoms with Gasteiger partial charge in [0.15, 0.2) is 5.69 Å². The highest BCUT2D eigenvalue weighted by atomic mass is 16.2. The van der Waals surface area contributed by atoms with Gasteiger partial charge in [-0.25, -0.2) is 0 Å². The van der Waals surface area contributed by atoms with Crippen LogP contribution in [0.2, 0.25) is 0 Å². The molecule has 0 aromatic carbocycles. The van der Waals surface area contributed by atoms with Gasteiger partial charge in [-0.3, -0.25) is 14.5 Å². The molecular weight excluding hydrogens is 300 g/mol. The number of aromatic nitrogens is 3. The Hall–Kier alpha value is -2.17. The van der Waals surface area contributed by atoms with E-state index in [1.165, 1.54) is 5.56 Å². The van der Waals surface area contributed by atoms with Crippen LogP contribution in [0.4, 0.5) is 0 Å². The zero-order chi connectivity index (χ0) is 17.1. The molecule has 1 saturated heterocycles. The molecule has 0 saturated carbocycles. The number of hydrogen-bond acceptors (Lipinski definition) is 3. The fourth-order valence-electron chi connectivity index (χ4n) is 3.50. The SMILES string of the molecule is CCn1nc(C(=O)N2CCC(Cc3ccnc(C)c3)CC2)cc1C. The second-order valence-electron chi connectivity index (χ2n) is 6.73. The standard InChI is InChI=1S/C19H26N4O/c1-4-23-15(3)12-18(21-23)19(24)22-9-6-16(7-10-22)13-17-5-8-20-14(2)11-17/h5,8,11-12,16H,4,6-7,9-10,13H2,1-3H3. The van der Waals surface area contributed by atoms with E-state index >= 15 is 0 Å². The molecule has 0 N–H and O–H groups in total. The largest absolute Gasteiger partial charge is 0.337 e. The highest BCUT2D eigenvalue weighted by molar-refractivity contribution is 5.92. The number of pyridine rings is 1. The fourth-order valence-corrected chi connectivity index (χ4v) is 3.50. The van der Waals surface area contributed by atoms with Crippen molar-refractivity contribution in [3.05, 3.63) is 47.0 Å². The van der Waals surface area contributed by atoms with Gasteiger partial charge in [0.05, 0.1) is 0 Å². The molecule has 5 nitrogen and oxygen atoms in total. The molecule has 24 heavy (non-hydrogen) atoms. The van der Waals surface area contributed by atoms with E-state index in [9.17, 15) is 4.79 Å². The van der Waals surface area contributed by atoms with Crippen molar-refractivity contribution in [2.75, 3.05) is 13.1 Å². The first-order valence-electron chi connectivity index (χ1n) is 8.82. The number of aryl methyl sites for hydroxylation is 3. The zero-order valence-electron chi connectivity index (χ0n) is 14.8. The lowest BCUT2D eigenvalue weighted by molar-refractivity contribution is 0.0683. The molecule has 2 aromatic heterocycles. The summed E-state index contributed by atoms with van der Waals surface area (Å²) in [6.07, 6.45) is 5.08. The maximum absolute atomic E-state index is 12.6. The Balaban J connectivity index is 1.57. The van der Waals surface area contributed by atoms with Crippen LogP contribution in [0.1, 0.15) is 47.2 Å². The Morgan fingerprint density at radius 1 is 1.25 bits per heavy atom. The van der Waals surface area contributed by atoms with Crippen LogP contribution < -0.4 is 0 Å². The van der Waals surface area contributed by atoms with Gasteiger partial charge in [0.25, 0.3) is 5.91 Å². The third kappa shape index (κ3) is 3.66. The summed E-state index contributed by atoms with van der Waals surface area (Å²) in [5, 5.41) is 4.42. The van der Waals surface area contributed by atoms with Gasteiger partial charge in [0.2, 0.25) is 0 Å². The molecule has 0 unspecified atom stereocenters. The Labute approximate surface area is 143 Å². The molecule has 0 aliphatic carbocycles. The van der Waals surface area contributed by atoms with E-state index in [1.807, 2.05) is 42.6 Å². The van der Waals surface area contributed by atoms with Crippen molar-refractivity contribution in [1.82, 2.24) is 19.7 Å². The van der Waals surface area contributed by atoms with Crippen molar-refractivity contribution in [3.63, 3.8) is 0 Å². The minimum absolute atomic E-state index is 0.0727. The summed E-state index contributed by atoms with van der Waals surface area (Å²) >= 11 is 0. The van der Waals surface area contributed by atoms with Crippen molar-refractivity contribution < 1.29 is 4.79 Å². The summed E-state index contributed by atoms with van der Waals surface area (Å²) in [6, 6.07) is 6.17.